The van der Waals surface area contributed by atoms with E-state index >= 15 is 0 Å². The van der Waals surface area contributed by atoms with E-state index in [9.17, 15) is 0 Å². The third-order valence-corrected chi connectivity index (χ3v) is 14.7. The largest absolute Gasteiger partial charge is 0.378 e. The van der Waals surface area contributed by atoms with Gasteiger partial charge in [0.05, 0.1) is 18.3 Å². The maximum atomic E-state index is 7.06. The maximum absolute atomic E-state index is 7.06. The van der Waals surface area contributed by atoms with Gasteiger partial charge < -0.3 is 31.0 Å². The van der Waals surface area contributed by atoms with Crippen LogP contribution in [0.25, 0.3) is 0 Å². The summed E-state index contributed by atoms with van der Waals surface area (Å²) >= 11 is 0. The highest BCUT2D eigenvalue weighted by Gasteiger charge is 2.53. The van der Waals surface area contributed by atoms with Gasteiger partial charge in [0, 0.05) is 19.8 Å². The van der Waals surface area contributed by atoms with Gasteiger partial charge >= 0.3 is 0 Å². The Morgan fingerprint density at radius 2 is 1.34 bits per heavy atom. The first-order chi connectivity index (χ1) is 25.6. The second-order valence-corrected chi connectivity index (χ2v) is 18.7. The fraction of sp³-hybridized carbons (Fsp3) is 1.00. The zero-order valence-electron chi connectivity index (χ0n) is 37.0. The molecule has 2 saturated carbocycles. The minimum Gasteiger partial charge on any atom is -0.378 e. The summed E-state index contributed by atoms with van der Waals surface area (Å²) in [5, 5.41) is 3.79. The second kappa shape index (κ2) is 28.2. The van der Waals surface area contributed by atoms with E-state index in [-0.39, 0.29) is 23.0 Å². The van der Waals surface area contributed by atoms with Crippen LogP contribution in [0.1, 0.15) is 197 Å². The van der Waals surface area contributed by atoms with Crippen LogP contribution >= 0.6 is 0 Å². The summed E-state index contributed by atoms with van der Waals surface area (Å²) in [6, 6.07) is 0. The monoisotopic (exact) mass is 750 g/mol. The van der Waals surface area contributed by atoms with Gasteiger partial charge in [0.25, 0.3) is 0 Å². The molecule has 0 aromatic carbocycles. The van der Waals surface area contributed by atoms with Crippen molar-refractivity contribution >= 4 is 0 Å². The molecule has 10 atom stereocenters. The predicted molar refractivity (Wildman–Crippen MR) is 229 cm³/mol. The van der Waals surface area contributed by atoms with E-state index in [2.05, 4.69) is 60.7 Å². The van der Waals surface area contributed by atoms with Crippen LogP contribution in [-0.2, 0) is 14.2 Å². The van der Waals surface area contributed by atoms with E-state index in [4.69, 9.17) is 25.7 Å². The highest BCUT2D eigenvalue weighted by molar-refractivity contribution is 5.02. The average Bonchev–Trinajstić information content (AvgIpc) is 3.45. The Balaban J connectivity index is 2.05. The zero-order valence-corrected chi connectivity index (χ0v) is 37.0. The van der Waals surface area contributed by atoms with Gasteiger partial charge in [-0.3, -0.25) is 0 Å². The molecule has 2 fully saturated rings. The van der Waals surface area contributed by atoms with Gasteiger partial charge in [0.1, 0.15) is 0 Å². The van der Waals surface area contributed by atoms with Gasteiger partial charge in [-0.1, -0.05) is 106 Å². The first-order valence-corrected chi connectivity index (χ1v) is 23.5. The molecule has 6 heteroatoms. The molecule has 0 amide bonds. The van der Waals surface area contributed by atoms with E-state index in [1.54, 1.807) is 0 Å². The first kappa shape index (κ1) is 48.9. The average molecular weight is 750 g/mol. The lowest BCUT2D eigenvalue weighted by atomic mass is 9.56. The molecule has 53 heavy (non-hydrogen) atoms. The summed E-state index contributed by atoms with van der Waals surface area (Å²) in [4.78, 5) is 0. The molecular weight excluding hydrogens is 655 g/mol. The van der Waals surface area contributed by atoms with Crippen LogP contribution in [0.15, 0.2) is 0 Å². The number of nitrogens with one attached hydrogen (secondary N) is 1. The highest BCUT2D eigenvalue weighted by atomic mass is 16.5. The Kier molecular flexibility index (Phi) is 26.0. The van der Waals surface area contributed by atoms with Crippen molar-refractivity contribution < 1.29 is 14.2 Å². The Labute approximate surface area is 331 Å². The smallest absolute Gasteiger partial charge is 0.0636 e. The maximum Gasteiger partial charge on any atom is 0.0636 e. The van der Waals surface area contributed by atoms with Gasteiger partial charge in [-0.05, 0) is 157 Å². The molecule has 0 heterocycles. The van der Waals surface area contributed by atoms with E-state index in [1.165, 1.54) is 103 Å². The van der Waals surface area contributed by atoms with Crippen molar-refractivity contribution in [2.75, 3.05) is 46.0 Å². The lowest BCUT2D eigenvalue weighted by Gasteiger charge is -2.52. The first-order valence-electron chi connectivity index (χ1n) is 23.5. The number of hydrogen-bond acceptors (Lipinski definition) is 6. The number of nitrogens with two attached hydrogens (primary N) is 2. The van der Waals surface area contributed by atoms with E-state index in [0.29, 0.717) is 48.8 Å². The van der Waals surface area contributed by atoms with Crippen molar-refractivity contribution in [1.29, 1.82) is 0 Å². The summed E-state index contributed by atoms with van der Waals surface area (Å²) in [7, 11) is 0. The summed E-state index contributed by atoms with van der Waals surface area (Å²) in [5.41, 5.74) is 12.3. The van der Waals surface area contributed by atoms with Gasteiger partial charge in [0.2, 0.25) is 0 Å². The number of rotatable bonds is 33. The summed E-state index contributed by atoms with van der Waals surface area (Å²) in [5.74, 6) is 3.20. The fourth-order valence-corrected chi connectivity index (χ4v) is 10.5. The molecule has 2 aliphatic carbocycles. The molecule has 2 rings (SSSR count). The van der Waals surface area contributed by atoms with Crippen LogP contribution in [0.2, 0.25) is 0 Å². The number of ether oxygens (including phenoxy) is 3. The lowest BCUT2D eigenvalue weighted by molar-refractivity contribution is -0.115. The van der Waals surface area contributed by atoms with Crippen molar-refractivity contribution in [2.24, 2.45) is 51.9 Å². The van der Waals surface area contributed by atoms with Crippen molar-refractivity contribution in [1.82, 2.24) is 5.32 Å². The van der Waals surface area contributed by atoms with E-state index in [1.807, 2.05) is 0 Å². The van der Waals surface area contributed by atoms with Crippen molar-refractivity contribution in [3.63, 3.8) is 0 Å². The van der Waals surface area contributed by atoms with Crippen molar-refractivity contribution in [3.05, 3.63) is 0 Å². The Bertz CT molecular complexity index is 874. The molecule has 6 nitrogen and oxygen atoms in total. The molecule has 0 aliphatic heterocycles. The van der Waals surface area contributed by atoms with Gasteiger partial charge in [-0.15, -0.1) is 0 Å². The van der Waals surface area contributed by atoms with Crippen molar-refractivity contribution in [2.45, 2.75) is 215 Å². The van der Waals surface area contributed by atoms with Crippen LogP contribution in [0.3, 0.4) is 0 Å². The second-order valence-electron chi connectivity index (χ2n) is 18.7. The molecule has 0 spiro atoms. The molecular formula is C47H95N3O3. The minimum atomic E-state index is 0.178. The topological polar surface area (TPSA) is 91.8 Å². The molecule has 0 saturated heterocycles. The van der Waals surface area contributed by atoms with Crippen molar-refractivity contribution in [3.8, 4) is 0 Å². The van der Waals surface area contributed by atoms with Crippen LogP contribution in [0.4, 0.5) is 0 Å². The van der Waals surface area contributed by atoms with Crippen LogP contribution in [0.5, 0.6) is 0 Å². The molecule has 2 aliphatic rings. The summed E-state index contributed by atoms with van der Waals surface area (Å²) < 4.78 is 19.9. The van der Waals surface area contributed by atoms with E-state index in [0.717, 1.165) is 71.3 Å². The van der Waals surface area contributed by atoms with Crippen LogP contribution < -0.4 is 16.8 Å². The van der Waals surface area contributed by atoms with Crippen LogP contribution in [0, 0.1) is 40.4 Å². The third-order valence-electron chi connectivity index (χ3n) is 14.7. The summed E-state index contributed by atoms with van der Waals surface area (Å²) in [6.45, 7) is 25.9. The van der Waals surface area contributed by atoms with Gasteiger partial charge in [-0.25, -0.2) is 0 Å². The van der Waals surface area contributed by atoms with Gasteiger partial charge in [0.15, 0.2) is 0 Å². The molecule has 0 aromatic rings. The number of unbranched alkanes of at least 4 members (excludes halogenated alkanes) is 9. The summed E-state index contributed by atoms with van der Waals surface area (Å²) in [6.07, 6.45) is 28.6. The van der Waals surface area contributed by atoms with E-state index < -0.39 is 0 Å². The Morgan fingerprint density at radius 3 is 2.02 bits per heavy atom. The molecule has 0 bridgehead atoms. The Hall–Kier alpha value is -0.240. The number of hydrogen-bond donors (Lipinski definition) is 3. The highest BCUT2D eigenvalue weighted by Crippen LogP contribution is 2.58. The quantitative estimate of drug-likeness (QED) is 0.0579. The van der Waals surface area contributed by atoms with Gasteiger partial charge in [-0.2, -0.15) is 0 Å². The normalized spacial score (nSPS) is 28.6. The molecule has 316 valence electrons. The standard InChI is InChI=1S/C47H95N3O3/c1-9-11-13-14-15-16-17-18-19-30-50-31-20-23-38(3)44-25-24-39(4)47(44,8)45(53-34-22-29-49)35-40(5)46(7)27-26-43(52-33-21-28-48)37-42(46)36-41(6)51-32-12-10-2/h38-45,50H,9-37,48-49H2,1-8H3/t38-,39-,40-,41+,42?,43-,44-,45+,46-,47+/m1/s1. The minimum absolute atomic E-state index is 0.178. The fourth-order valence-electron chi connectivity index (χ4n) is 10.5. The van der Waals surface area contributed by atoms with Crippen LogP contribution in [-0.4, -0.2) is 64.3 Å². The molecule has 5 N–H and O–H groups in total. The molecule has 0 aromatic heterocycles. The third kappa shape index (κ3) is 17.0. The SMILES string of the molecule is CCCCCCCCCCCNCCC[C@@H](C)[C@H]1CC[C@@H](C)[C@]1(C)[C@H](C[C@@H](C)[C@@]1(C)CC[C@@H](OCCCN)CC1C[C@H](C)OCCCC)OCCCN. The Morgan fingerprint density at radius 1 is 0.717 bits per heavy atom. The lowest BCUT2D eigenvalue weighted by Crippen LogP contribution is -2.48. The molecule has 0 radical (unpaired) electrons. The predicted octanol–water partition coefficient (Wildman–Crippen LogP) is 11.5. The zero-order chi connectivity index (χ0) is 39.0. The molecule has 1 unspecified atom stereocenters.